The van der Waals surface area contributed by atoms with Gasteiger partial charge in [0.05, 0.1) is 9.79 Å². The van der Waals surface area contributed by atoms with Crippen molar-refractivity contribution < 1.29 is 38.1 Å². The molecule has 0 saturated heterocycles. The summed E-state index contributed by atoms with van der Waals surface area (Å²) in [5.74, 6) is -0.489. The average Bonchev–Trinajstić information content (AvgIpc) is 2.52. The van der Waals surface area contributed by atoms with Crippen LogP contribution in [0.2, 0.25) is 0 Å². The Morgan fingerprint density at radius 2 is 0.806 bits per heavy atom. The van der Waals surface area contributed by atoms with E-state index in [1.807, 2.05) is 0 Å². The fraction of sp³-hybridized carbons (Fsp3) is 0. The summed E-state index contributed by atoms with van der Waals surface area (Å²) < 4.78 is 91.3. The predicted octanol–water partition coefficient (Wildman–Crippen LogP) is 2.22. The molecule has 0 atom stereocenters. The summed E-state index contributed by atoms with van der Waals surface area (Å²) in [6.07, 6.45) is 0. The minimum absolute atomic E-state index is 0.0844. The molecule has 0 bridgehead atoms. The molecular weight excluding hydrogens is 589 g/mol. The zero-order valence-electron chi connectivity index (χ0n) is 14.6. The lowest BCUT2D eigenvalue weighted by Crippen LogP contribution is -2.11. The lowest BCUT2D eigenvalue weighted by molar-refractivity contribution is 0.595. The van der Waals surface area contributed by atoms with Gasteiger partial charge in [0.25, 0.3) is 0 Å². The van der Waals surface area contributed by atoms with Gasteiger partial charge in [-0.25, -0.2) is 31.5 Å². The first-order valence-corrected chi connectivity index (χ1v) is 16.1. The second kappa shape index (κ2) is 13.7. The molecule has 0 heterocycles. The van der Waals surface area contributed by atoms with Crippen LogP contribution in [0.4, 0.5) is 4.39 Å². The average molecular weight is 602 g/mol. The van der Waals surface area contributed by atoms with E-state index in [9.17, 15) is 21.2 Å². The molecule has 19 heteroatoms. The Hall–Kier alpha value is -0.750. The molecule has 0 aliphatic heterocycles. The van der Waals surface area contributed by atoms with E-state index in [0.29, 0.717) is 0 Å². The summed E-state index contributed by atoms with van der Waals surface area (Å²) in [5, 5.41) is 9.59. The lowest BCUT2D eigenvalue weighted by atomic mass is 10.4. The second-order valence-electron chi connectivity index (χ2n) is 4.61. The highest BCUT2D eigenvalue weighted by molar-refractivity contribution is 8.31. The summed E-state index contributed by atoms with van der Waals surface area (Å²) in [5.41, 5.74) is 0. The third kappa shape index (κ3) is 25.4. The number of sulfonamides is 2. The largest absolute Gasteiger partial charge is 0.317 e. The number of rotatable bonds is 2. The van der Waals surface area contributed by atoms with Crippen molar-refractivity contribution in [2.45, 2.75) is 9.79 Å². The molecular formula is C12H13Cl4FN2O8S4. The first-order chi connectivity index (χ1) is 13.6. The molecule has 0 aliphatic carbocycles. The van der Waals surface area contributed by atoms with Gasteiger partial charge in [-0.05, 0) is 36.4 Å². The third-order valence-electron chi connectivity index (χ3n) is 2.21. The normalized spacial score (nSPS) is 11.5. The highest BCUT2D eigenvalue weighted by Gasteiger charge is 2.05. The minimum atomic E-state index is -3.72. The first-order valence-electron chi connectivity index (χ1n) is 6.75. The summed E-state index contributed by atoms with van der Waals surface area (Å²) >= 11 is 0. The van der Waals surface area contributed by atoms with Crippen molar-refractivity contribution in [3.05, 3.63) is 60.4 Å². The second-order valence-corrected chi connectivity index (χ2v) is 15.1. The van der Waals surface area contributed by atoms with Crippen LogP contribution >= 0.6 is 42.7 Å². The molecule has 0 saturated carbocycles. The van der Waals surface area contributed by atoms with Crippen LogP contribution in [0.1, 0.15) is 0 Å². The Labute approximate surface area is 196 Å². The van der Waals surface area contributed by atoms with E-state index >= 15 is 0 Å². The Balaban J connectivity index is 0. The van der Waals surface area contributed by atoms with Crippen molar-refractivity contribution in [2.24, 2.45) is 10.3 Å². The summed E-state index contributed by atoms with van der Waals surface area (Å²) in [6, 6.07) is 12.2. The van der Waals surface area contributed by atoms with E-state index in [4.69, 9.17) is 27.1 Å². The standard InChI is InChI=1S/C6H6FNO2S.C6H7NO2S.2Cl2O2S/c7-5-1-3-6(4-2-5)11(8,9)10;7-10(8,9)6-4-2-1-3-5-6;2*1-5(2,3)4/h1-4H,(H2,8,9,10);1-5H,(H2,7,8,9);;. The Morgan fingerprint density at radius 3 is 1.03 bits per heavy atom. The van der Waals surface area contributed by atoms with Gasteiger partial charge in [0, 0.05) is 42.7 Å². The lowest BCUT2D eigenvalue weighted by Gasteiger charge is -1.95. The molecule has 31 heavy (non-hydrogen) atoms. The van der Waals surface area contributed by atoms with Crippen LogP contribution in [0.15, 0.2) is 64.4 Å². The number of nitrogens with two attached hydrogens (primary N) is 2. The van der Waals surface area contributed by atoms with E-state index in [1.165, 1.54) is 12.1 Å². The van der Waals surface area contributed by atoms with Crippen LogP contribution < -0.4 is 10.3 Å². The quantitative estimate of drug-likeness (QED) is 0.490. The van der Waals surface area contributed by atoms with Gasteiger partial charge in [-0.15, -0.1) is 0 Å². The molecule has 0 amide bonds. The van der Waals surface area contributed by atoms with Gasteiger partial charge in [-0.1, -0.05) is 18.2 Å². The molecule has 0 fully saturated rings. The maximum Gasteiger partial charge on any atom is 0.317 e. The van der Waals surface area contributed by atoms with E-state index in [1.54, 1.807) is 18.2 Å². The summed E-state index contributed by atoms with van der Waals surface area (Å²) in [6.45, 7) is 0. The van der Waals surface area contributed by atoms with Gasteiger partial charge < -0.3 is 0 Å². The summed E-state index contributed by atoms with van der Waals surface area (Å²) in [7, 11) is 2.44. The highest BCUT2D eigenvalue weighted by Crippen LogP contribution is 2.06. The summed E-state index contributed by atoms with van der Waals surface area (Å²) in [4.78, 5) is 0.0638. The van der Waals surface area contributed by atoms with Crippen LogP contribution in [-0.4, -0.2) is 33.7 Å². The first kappa shape index (κ1) is 32.4. The molecule has 10 nitrogen and oxygen atoms in total. The van der Waals surface area contributed by atoms with E-state index in [-0.39, 0.29) is 9.79 Å². The minimum Gasteiger partial charge on any atom is -0.225 e. The van der Waals surface area contributed by atoms with Crippen molar-refractivity contribution in [1.29, 1.82) is 0 Å². The van der Waals surface area contributed by atoms with Crippen LogP contribution in [0.25, 0.3) is 0 Å². The Kier molecular flexibility index (Phi) is 14.4. The molecule has 2 aromatic rings. The maximum absolute atomic E-state index is 12.2. The van der Waals surface area contributed by atoms with Crippen molar-refractivity contribution in [1.82, 2.24) is 0 Å². The van der Waals surface area contributed by atoms with Crippen LogP contribution in [0.3, 0.4) is 0 Å². The number of primary sulfonamides is 2. The SMILES string of the molecule is NS(=O)(=O)c1ccc(F)cc1.NS(=O)(=O)c1ccccc1.O=S(=O)(Cl)Cl.O=S(=O)(Cl)Cl. The van der Waals surface area contributed by atoms with Gasteiger partial charge in [-0.3, -0.25) is 0 Å². The van der Waals surface area contributed by atoms with Crippen molar-refractivity contribution in [3.8, 4) is 0 Å². The highest BCUT2D eigenvalue weighted by atomic mass is 36.0. The van der Waals surface area contributed by atoms with E-state index in [0.717, 1.165) is 24.3 Å². The molecule has 0 aliphatic rings. The van der Waals surface area contributed by atoms with Gasteiger partial charge in [0.1, 0.15) is 5.82 Å². The zero-order valence-corrected chi connectivity index (χ0v) is 20.9. The Bertz CT molecular complexity index is 1190. The molecule has 178 valence electrons. The van der Waals surface area contributed by atoms with Crippen molar-refractivity contribution >= 4 is 79.3 Å². The molecule has 0 radical (unpaired) electrons. The predicted molar refractivity (Wildman–Crippen MR) is 117 cm³/mol. The number of benzene rings is 2. The third-order valence-corrected chi connectivity index (χ3v) is 4.07. The number of hydrogen-bond acceptors (Lipinski definition) is 8. The van der Waals surface area contributed by atoms with Gasteiger partial charge in [-0.2, -0.15) is 16.8 Å². The molecule has 0 unspecified atom stereocenters. The molecule has 4 N–H and O–H groups in total. The molecule has 0 spiro atoms. The van der Waals surface area contributed by atoms with Gasteiger partial charge in [0.2, 0.25) is 20.0 Å². The molecule has 2 aromatic carbocycles. The molecule has 2 rings (SSSR count). The monoisotopic (exact) mass is 600 g/mol. The van der Waals surface area contributed by atoms with Crippen LogP contribution in [0.5, 0.6) is 0 Å². The van der Waals surface area contributed by atoms with Gasteiger partial charge >= 0.3 is 16.5 Å². The molecule has 0 aromatic heterocycles. The van der Waals surface area contributed by atoms with Gasteiger partial charge in [0.15, 0.2) is 0 Å². The zero-order chi connectivity index (χ0) is 25.1. The maximum atomic E-state index is 12.2. The van der Waals surface area contributed by atoms with E-state index < -0.39 is 42.4 Å². The Morgan fingerprint density at radius 1 is 0.548 bits per heavy atom. The fourth-order valence-electron chi connectivity index (χ4n) is 1.23. The van der Waals surface area contributed by atoms with E-state index in [2.05, 4.69) is 42.7 Å². The smallest absolute Gasteiger partial charge is 0.225 e. The van der Waals surface area contributed by atoms with Crippen molar-refractivity contribution in [3.63, 3.8) is 0 Å². The topological polar surface area (TPSA) is 189 Å². The van der Waals surface area contributed by atoms with Crippen LogP contribution in [0, 0.1) is 5.82 Å². The van der Waals surface area contributed by atoms with Crippen LogP contribution in [-0.2, 0) is 36.6 Å². The number of hydrogen-bond donors (Lipinski definition) is 2. The van der Waals surface area contributed by atoms with Crippen molar-refractivity contribution in [2.75, 3.05) is 0 Å². The fourth-order valence-corrected chi connectivity index (χ4v) is 2.29. The number of halogens is 5.